The summed E-state index contributed by atoms with van der Waals surface area (Å²) in [6, 6.07) is 18.7. The van der Waals surface area contributed by atoms with Crippen LogP contribution in [0.25, 0.3) is 32.7 Å². The van der Waals surface area contributed by atoms with Crippen LogP contribution >= 0.6 is 0 Å². The molecule has 1 fully saturated rings. The van der Waals surface area contributed by atoms with Crippen molar-refractivity contribution in [2.24, 2.45) is 0 Å². The summed E-state index contributed by atoms with van der Waals surface area (Å²) >= 11 is 0. The van der Waals surface area contributed by atoms with Crippen LogP contribution in [0.5, 0.6) is 11.5 Å². The number of hydrogen-bond donors (Lipinski definition) is 3. The van der Waals surface area contributed by atoms with Crippen LogP contribution in [0.15, 0.2) is 60.7 Å². The summed E-state index contributed by atoms with van der Waals surface area (Å²) in [5.74, 6) is -0.236. The number of carbonyl (C=O) groups excluding carboxylic acids is 1. The summed E-state index contributed by atoms with van der Waals surface area (Å²) < 4.78 is 5.67. The molecule has 0 saturated carbocycles. The van der Waals surface area contributed by atoms with Crippen LogP contribution in [-0.4, -0.2) is 44.4 Å². The Bertz CT molecular complexity index is 1490. The van der Waals surface area contributed by atoms with E-state index in [0.29, 0.717) is 35.2 Å². The number of likely N-dealkylation sites (tertiary alicyclic amines) is 1. The van der Waals surface area contributed by atoms with Crippen LogP contribution in [0.1, 0.15) is 44.7 Å². The Morgan fingerprint density at radius 1 is 0.919 bits per heavy atom. The highest BCUT2D eigenvalue weighted by molar-refractivity contribution is 6.10. The molecule has 6 heteroatoms. The average Bonchev–Trinajstić information content (AvgIpc) is 3.32. The van der Waals surface area contributed by atoms with E-state index in [2.05, 4.69) is 4.90 Å². The van der Waals surface area contributed by atoms with Crippen LogP contribution in [-0.2, 0) is 22.7 Å². The minimum atomic E-state index is -0.570. The van der Waals surface area contributed by atoms with Gasteiger partial charge in [-0.25, -0.2) is 0 Å². The van der Waals surface area contributed by atoms with E-state index in [4.69, 9.17) is 4.74 Å². The minimum Gasteiger partial charge on any atom is -0.507 e. The van der Waals surface area contributed by atoms with E-state index < -0.39 is 5.60 Å². The van der Waals surface area contributed by atoms with E-state index in [1.54, 1.807) is 6.07 Å². The van der Waals surface area contributed by atoms with Gasteiger partial charge in [0.1, 0.15) is 23.1 Å². The molecule has 1 aliphatic rings. The van der Waals surface area contributed by atoms with E-state index >= 15 is 0 Å². The summed E-state index contributed by atoms with van der Waals surface area (Å²) in [6.45, 7) is 6.35. The number of phenols is 2. The number of esters is 1. The largest absolute Gasteiger partial charge is 0.507 e. The molecule has 192 valence electrons. The summed E-state index contributed by atoms with van der Waals surface area (Å²) in [4.78, 5) is 15.0. The third kappa shape index (κ3) is 4.75. The molecule has 0 bridgehead atoms. The summed E-state index contributed by atoms with van der Waals surface area (Å²) in [5, 5.41) is 36.3. The fraction of sp³-hybridized carbons (Fsp3) is 0.323. The topological polar surface area (TPSA) is 90.2 Å². The number of benzene rings is 4. The molecule has 3 N–H and O–H groups in total. The maximum atomic E-state index is 12.9. The van der Waals surface area contributed by atoms with Gasteiger partial charge in [0.2, 0.25) is 0 Å². The number of aromatic hydroxyl groups is 2. The van der Waals surface area contributed by atoms with Gasteiger partial charge in [-0.2, -0.15) is 0 Å². The van der Waals surface area contributed by atoms with Crippen molar-refractivity contribution in [3.63, 3.8) is 0 Å². The smallest absolute Gasteiger partial charge is 0.323 e. The lowest BCUT2D eigenvalue weighted by atomic mass is 9.88. The van der Waals surface area contributed by atoms with Crippen molar-refractivity contribution in [1.82, 2.24) is 4.90 Å². The highest BCUT2D eigenvalue weighted by Gasteiger charge is 2.35. The molecule has 0 radical (unpaired) electrons. The second-order valence-electron chi connectivity index (χ2n) is 10.8. The molecule has 0 aliphatic carbocycles. The lowest BCUT2D eigenvalue weighted by molar-refractivity contribution is -0.160. The van der Waals surface area contributed by atoms with Gasteiger partial charge in [-0.3, -0.25) is 9.69 Å². The van der Waals surface area contributed by atoms with E-state index in [1.165, 1.54) is 0 Å². The van der Waals surface area contributed by atoms with Gasteiger partial charge in [0.15, 0.2) is 0 Å². The maximum absolute atomic E-state index is 12.9. The number of fused-ring (bicyclic) bond motifs is 2. The van der Waals surface area contributed by atoms with E-state index in [9.17, 15) is 20.1 Å². The Kier molecular flexibility index (Phi) is 6.56. The van der Waals surface area contributed by atoms with Gasteiger partial charge in [-0.15, -0.1) is 0 Å². The lowest BCUT2D eigenvalue weighted by Crippen LogP contribution is -2.40. The fourth-order valence-corrected chi connectivity index (χ4v) is 5.41. The Balaban J connectivity index is 1.67. The molecule has 4 aromatic carbocycles. The molecule has 1 aliphatic heterocycles. The van der Waals surface area contributed by atoms with Crippen LogP contribution in [0.4, 0.5) is 0 Å². The number of aliphatic hydroxyl groups excluding tert-OH is 1. The van der Waals surface area contributed by atoms with Crippen molar-refractivity contribution in [3.05, 3.63) is 71.8 Å². The first-order valence-electron chi connectivity index (χ1n) is 12.7. The molecular weight excluding hydrogens is 466 g/mol. The predicted molar refractivity (Wildman–Crippen MR) is 145 cm³/mol. The second kappa shape index (κ2) is 9.69. The van der Waals surface area contributed by atoms with E-state index in [0.717, 1.165) is 34.5 Å². The van der Waals surface area contributed by atoms with E-state index in [-0.39, 0.29) is 30.1 Å². The molecule has 1 heterocycles. The third-order valence-corrected chi connectivity index (χ3v) is 7.04. The van der Waals surface area contributed by atoms with Gasteiger partial charge >= 0.3 is 5.97 Å². The normalized spacial score (nSPS) is 16.5. The lowest BCUT2D eigenvalue weighted by Gasteiger charge is -2.28. The molecule has 4 aromatic rings. The summed E-state index contributed by atoms with van der Waals surface area (Å²) in [6.07, 6.45) is 1.58. The molecule has 1 atom stereocenters. The van der Waals surface area contributed by atoms with Crippen molar-refractivity contribution in [2.45, 2.75) is 58.4 Å². The number of carbonyl (C=O) groups is 1. The molecule has 0 aromatic heterocycles. The van der Waals surface area contributed by atoms with Crippen molar-refractivity contribution >= 4 is 27.5 Å². The highest BCUT2D eigenvalue weighted by atomic mass is 16.6. The SMILES string of the molecule is CC(C)(C)OC(=O)[C@@H]1CCCN1Cc1cc2ccccc2c(-c2c(O)c(CO)cc3ccccc23)c1O. The summed E-state index contributed by atoms with van der Waals surface area (Å²) in [7, 11) is 0. The molecule has 0 spiro atoms. The molecule has 6 nitrogen and oxygen atoms in total. The zero-order valence-corrected chi connectivity index (χ0v) is 21.5. The maximum Gasteiger partial charge on any atom is 0.323 e. The first kappa shape index (κ1) is 25.1. The van der Waals surface area contributed by atoms with Crippen molar-refractivity contribution in [3.8, 4) is 22.6 Å². The third-order valence-electron chi connectivity index (χ3n) is 7.04. The molecule has 0 amide bonds. The van der Waals surface area contributed by atoms with Crippen LogP contribution in [0.3, 0.4) is 0 Å². The predicted octanol–water partition coefficient (Wildman–Crippen LogP) is 5.87. The van der Waals surface area contributed by atoms with Gasteiger partial charge < -0.3 is 20.1 Å². The van der Waals surface area contributed by atoms with E-state index in [1.807, 2.05) is 75.4 Å². The molecule has 5 rings (SSSR count). The number of aliphatic hydroxyl groups is 1. The molecule has 37 heavy (non-hydrogen) atoms. The fourth-order valence-electron chi connectivity index (χ4n) is 5.41. The van der Waals surface area contributed by atoms with Crippen molar-refractivity contribution < 1.29 is 24.9 Å². The van der Waals surface area contributed by atoms with Crippen LogP contribution in [0.2, 0.25) is 0 Å². The van der Waals surface area contributed by atoms with Crippen LogP contribution in [0, 0.1) is 0 Å². The quantitative estimate of drug-likeness (QED) is 0.298. The Labute approximate surface area is 216 Å². The number of ether oxygens (including phenoxy) is 1. The standard InChI is InChI=1S/C31H33NO5/c1-31(2,3)37-30(36)25-13-8-14-32(25)17-21-15-19-9-4-6-11-23(19)26(28(21)34)27-24-12-7-5-10-20(24)16-22(18-33)29(27)35/h4-7,9-12,15-16,25,33-35H,8,13-14,17-18H2,1-3H3/t25-/m0/s1. The minimum absolute atomic E-state index is 0.0494. The van der Waals surface area contributed by atoms with Gasteiger partial charge in [-0.05, 0) is 73.8 Å². The number of nitrogens with zero attached hydrogens (tertiary/aromatic N) is 1. The van der Waals surface area contributed by atoms with Crippen molar-refractivity contribution in [1.29, 1.82) is 0 Å². The monoisotopic (exact) mass is 499 g/mol. The second-order valence-corrected chi connectivity index (χ2v) is 10.8. The van der Waals surface area contributed by atoms with Crippen LogP contribution < -0.4 is 0 Å². The Morgan fingerprint density at radius 3 is 2.03 bits per heavy atom. The van der Waals surface area contributed by atoms with Gasteiger partial charge in [0.25, 0.3) is 0 Å². The van der Waals surface area contributed by atoms with Crippen molar-refractivity contribution in [2.75, 3.05) is 6.54 Å². The Hall–Kier alpha value is -3.61. The number of hydrogen-bond acceptors (Lipinski definition) is 6. The zero-order chi connectivity index (χ0) is 26.3. The zero-order valence-electron chi connectivity index (χ0n) is 21.5. The highest BCUT2D eigenvalue weighted by Crippen LogP contribution is 2.48. The number of phenolic OH excluding ortho intramolecular Hbond substituents is 1. The first-order chi connectivity index (χ1) is 17.7. The molecule has 1 saturated heterocycles. The molecular formula is C31H33NO5. The Morgan fingerprint density at radius 2 is 1.46 bits per heavy atom. The van der Waals surface area contributed by atoms with Gasteiger partial charge in [0.05, 0.1) is 6.61 Å². The molecule has 0 unspecified atom stereocenters. The van der Waals surface area contributed by atoms with Gasteiger partial charge in [-0.1, -0.05) is 48.5 Å². The first-order valence-corrected chi connectivity index (χ1v) is 12.7. The summed E-state index contributed by atoms with van der Waals surface area (Å²) in [5.41, 5.74) is 1.50. The number of rotatable bonds is 5. The average molecular weight is 500 g/mol. The van der Waals surface area contributed by atoms with Gasteiger partial charge in [0, 0.05) is 28.8 Å².